The maximum absolute atomic E-state index is 15.0. The summed E-state index contributed by atoms with van der Waals surface area (Å²) in [5, 5.41) is 8.88. The van der Waals surface area contributed by atoms with Crippen molar-refractivity contribution in [2.45, 2.75) is 39.2 Å². The van der Waals surface area contributed by atoms with Crippen LogP contribution in [0.15, 0.2) is 48.7 Å². The quantitative estimate of drug-likeness (QED) is 0.484. The van der Waals surface area contributed by atoms with Gasteiger partial charge < -0.3 is 14.7 Å². The summed E-state index contributed by atoms with van der Waals surface area (Å²) >= 11 is 0. The normalized spacial score (nSPS) is 13.2. The van der Waals surface area contributed by atoms with E-state index in [-0.39, 0.29) is 23.7 Å². The predicted octanol–water partition coefficient (Wildman–Crippen LogP) is 5.84. The summed E-state index contributed by atoms with van der Waals surface area (Å²) in [6.45, 7) is 2.65. The fraction of sp³-hybridized carbons (Fsp3) is 0.280. The number of nitrogens with zero attached hydrogens (tertiary/aromatic N) is 2. The maximum atomic E-state index is 15.0. The number of rotatable bonds is 7. The zero-order chi connectivity index (χ0) is 23.5. The summed E-state index contributed by atoms with van der Waals surface area (Å²) in [5.74, 6) is -1.49. The van der Waals surface area contributed by atoms with Crippen molar-refractivity contribution >= 4 is 11.7 Å². The molecule has 5 nitrogen and oxygen atoms in total. The Bertz CT molecular complexity index is 1170. The van der Waals surface area contributed by atoms with E-state index < -0.39 is 23.8 Å². The summed E-state index contributed by atoms with van der Waals surface area (Å²) in [6, 6.07) is 11.6. The Kier molecular flexibility index (Phi) is 6.53. The van der Waals surface area contributed by atoms with E-state index in [9.17, 15) is 13.6 Å². The van der Waals surface area contributed by atoms with E-state index in [0.29, 0.717) is 25.9 Å². The molecule has 8 heteroatoms. The zero-order valence-corrected chi connectivity index (χ0v) is 18.0. The number of aliphatic carboxylic acids is 1. The highest BCUT2D eigenvalue weighted by Gasteiger charge is 2.25. The summed E-state index contributed by atoms with van der Waals surface area (Å²) in [7, 11) is 0. The smallest absolute Gasteiger partial charge is 0.303 e. The number of alkyl halides is 2. The molecule has 1 aliphatic heterocycles. The lowest BCUT2D eigenvalue weighted by molar-refractivity contribution is -0.136. The van der Waals surface area contributed by atoms with Gasteiger partial charge in [-0.1, -0.05) is 24.3 Å². The van der Waals surface area contributed by atoms with E-state index in [2.05, 4.69) is 4.98 Å². The molecule has 0 spiro atoms. The van der Waals surface area contributed by atoms with Gasteiger partial charge in [-0.2, -0.15) is 0 Å². The molecule has 0 atom stereocenters. The van der Waals surface area contributed by atoms with Gasteiger partial charge >= 0.3 is 5.97 Å². The molecule has 0 unspecified atom stereocenters. The molecule has 3 aromatic rings. The molecule has 33 heavy (non-hydrogen) atoms. The van der Waals surface area contributed by atoms with Crippen molar-refractivity contribution in [3.05, 3.63) is 82.3 Å². The van der Waals surface area contributed by atoms with Crippen LogP contribution in [0.2, 0.25) is 0 Å². The van der Waals surface area contributed by atoms with Gasteiger partial charge in [-0.3, -0.25) is 4.79 Å². The number of benzene rings is 2. The van der Waals surface area contributed by atoms with E-state index in [1.54, 1.807) is 23.2 Å². The third kappa shape index (κ3) is 5.27. The molecule has 0 saturated carbocycles. The Morgan fingerprint density at radius 1 is 1.18 bits per heavy atom. The largest absolute Gasteiger partial charge is 0.481 e. The molecule has 4 rings (SSSR count). The molecule has 0 fully saturated rings. The molecule has 1 N–H and O–H groups in total. The number of carbonyl (C=O) groups is 1. The van der Waals surface area contributed by atoms with E-state index in [4.69, 9.17) is 9.84 Å². The number of aryl methyl sites for hydroxylation is 2. The molecular formula is C25H23F3N2O3. The Morgan fingerprint density at radius 2 is 2.00 bits per heavy atom. The Labute approximate surface area is 189 Å². The highest BCUT2D eigenvalue weighted by molar-refractivity contribution is 5.67. The van der Waals surface area contributed by atoms with Crippen LogP contribution in [0.1, 0.15) is 40.7 Å². The van der Waals surface area contributed by atoms with Crippen LogP contribution < -0.4 is 9.64 Å². The van der Waals surface area contributed by atoms with Crippen molar-refractivity contribution in [2.75, 3.05) is 11.4 Å². The fourth-order valence-corrected chi connectivity index (χ4v) is 3.91. The Morgan fingerprint density at radius 3 is 2.70 bits per heavy atom. The van der Waals surface area contributed by atoms with Gasteiger partial charge in [0.15, 0.2) is 5.82 Å². The molecule has 1 aliphatic rings. The van der Waals surface area contributed by atoms with E-state index >= 15 is 4.39 Å². The fourth-order valence-electron chi connectivity index (χ4n) is 3.91. The van der Waals surface area contributed by atoms with E-state index in [1.165, 1.54) is 6.07 Å². The van der Waals surface area contributed by atoms with Crippen LogP contribution in [-0.2, 0) is 24.2 Å². The van der Waals surface area contributed by atoms with E-state index in [0.717, 1.165) is 28.3 Å². The Balaban J connectivity index is 1.61. The average Bonchev–Trinajstić information content (AvgIpc) is 2.79. The summed E-state index contributed by atoms with van der Waals surface area (Å²) in [4.78, 5) is 16.7. The molecule has 0 amide bonds. The van der Waals surface area contributed by atoms with Crippen molar-refractivity contribution in [1.82, 2.24) is 4.98 Å². The number of hydrogen-bond donors (Lipinski definition) is 1. The van der Waals surface area contributed by atoms with Crippen molar-refractivity contribution < 1.29 is 27.8 Å². The second kappa shape index (κ2) is 9.52. The van der Waals surface area contributed by atoms with Crippen molar-refractivity contribution in [3.8, 4) is 11.6 Å². The predicted molar refractivity (Wildman–Crippen MR) is 118 cm³/mol. The number of fused-ring (bicyclic) bond motifs is 1. The highest BCUT2D eigenvalue weighted by atomic mass is 19.3. The molecule has 2 aromatic carbocycles. The number of carboxylic acids is 1. The molecule has 0 bridgehead atoms. The first kappa shape index (κ1) is 22.6. The first-order valence-electron chi connectivity index (χ1n) is 10.6. The topological polar surface area (TPSA) is 62.7 Å². The van der Waals surface area contributed by atoms with Gasteiger partial charge in [0.05, 0.1) is 11.3 Å². The van der Waals surface area contributed by atoms with Crippen LogP contribution in [0, 0.1) is 12.7 Å². The zero-order valence-electron chi connectivity index (χ0n) is 18.0. The number of aromatic nitrogens is 1. The minimum absolute atomic E-state index is 0.0508. The lowest BCUT2D eigenvalue weighted by atomic mass is 9.95. The molecule has 0 aliphatic carbocycles. The first-order valence-corrected chi connectivity index (χ1v) is 10.6. The van der Waals surface area contributed by atoms with Crippen molar-refractivity contribution in [2.24, 2.45) is 0 Å². The number of anilines is 1. The van der Waals surface area contributed by atoms with Crippen LogP contribution in [-0.4, -0.2) is 22.6 Å². The number of halogens is 3. The van der Waals surface area contributed by atoms with Crippen LogP contribution in [0.5, 0.6) is 11.6 Å². The van der Waals surface area contributed by atoms with Gasteiger partial charge in [0.2, 0.25) is 5.88 Å². The molecule has 1 aromatic heterocycles. The highest BCUT2D eigenvalue weighted by Crippen LogP contribution is 2.37. The van der Waals surface area contributed by atoms with Crippen molar-refractivity contribution in [1.29, 1.82) is 0 Å². The second-order valence-electron chi connectivity index (χ2n) is 8.09. The monoisotopic (exact) mass is 456 g/mol. The second-order valence-corrected chi connectivity index (χ2v) is 8.09. The number of pyridine rings is 1. The van der Waals surface area contributed by atoms with Crippen LogP contribution in [0.25, 0.3) is 0 Å². The average molecular weight is 456 g/mol. The van der Waals surface area contributed by atoms with Crippen molar-refractivity contribution in [3.63, 3.8) is 0 Å². The van der Waals surface area contributed by atoms with Gasteiger partial charge in [-0.25, -0.2) is 18.2 Å². The summed E-state index contributed by atoms with van der Waals surface area (Å²) in [6.07, 6.45) is -0.322. The minimum atomic E-state index is -2.99. The maximum Gasteiger partial charge on any atom is 0.303 e. The molecule has 172 valence electrons. The SMILES string of the molecule is Cc1ccc(Oc2cc(C(F)F)c(F)c(N3CCc4cc(CCC(=O)O)ccc4C3)c2)nc1. The number of carboxylic acid groups (broad SMARTS) is 1. The minimum Gasteiger partial charge on any atom is -0.481 e. The standard InChI is InChI=1S/C25H23F3N2O3/c1-15-2-6-22(29-13-15)33-19-11-20(25(27)28)24(26)21(12-19)30-9-8-17-10-16(4-7-23(31)32)3-5-18(17)14-30/h2-3,5-6,10-13,25H,4,7-9,14H2,1H3,(H,31,32). The summed E-state index contributed by atoms with van der Waals surface area (Å²) < 4.78 is 47.9. The molecular weight excluding hydrogens is 433 g/mol. The lowest BCUT2D eigenvalue weighted by Crippen LogP contribution is -2.31. The Hall–Kier alpha value is -3.55. The third-order valence-electron chi connectivity index (χ3n) is 5.65. The molecule has 0 saturated heterocycles. The first-order chi connectivity index (χ1) is 15.8. The van der Waals surface area contributed by atoms with E-state index in [1.807, 2.05) is 25.1 Å². The van der Waals surface area contributed by atoms with Gasteiger partial charge in [-0.05, 0) is 48.1 Å². The van der Waals surface area contributed by atoms with Gasteiger partial charge in [0.1, 0.15) is 5.75 Å². The van der Waals surface area contributed by atoms with Crippen LogP contribution >= 0.6 is 0 Å². The van der Waals surface area contributed by atoms with Gasteiger partial charge in [0, 0.05) is 37.8 Å². The summed E-state index contributed by atoms with van der Waals surface area (Å²) in [5.41, 5.74) is 3.19. The number of ether oxygens (including phenoxy) is 1. The molecule has 2 heterocycles. The van der Waals surface area contributed by atoms with Crippen LogP contribution in [0.4, 0.5) is 18.9 Å². The third-order valence-corrected chi connectivity index (χ3v) is 5.65. The molecule has 0 radical (unpaired) electrons. The lowest BCUT2D eigenvalue weighted by Gasteiger charge is -2.32. The van der Waals surface area contributed by atoms with Gasteiger partial charge in [-0.15, -0.1) is 0 Å². The number of hydrogen-bond acceptors (Lipinski definition) is 4. The van der Waals surface area contributed by atoms with Crippen LogP contribution in [0.3, 0.4) is 0 Å². The van der Waals surface area contributed by atoms with Gasteiger partial charge in [0.25, 0.3) is 6.43 Å².